The van der Waals surface area contributed by atoms with Gasteiger partial charge in [-0.2, -0.15) is 0 Å². The summed E-state index contributed by atoms with van der Waals surface area (Å²) in [5.74, 6) is -0.145. The first-order chi connectivity index (χ1) is 9.15. The summed E-state index contributed by atoms with van der Waals surface area (Å²) in [5.41, 5.74) is 0.994. The number of hydrogen-bond donors (Lipinski definition) is 2. The highest BCUT2D eigenvalue weighted by atomic mass is 16.5. The highest BCUT2D eigenvalue weighted by molar-refractivity contribution is 5.93. The van der Waals surface area contributed by atoms with E-state index < -0.39 is 5.54 Å². The molecular weight excluding hydrogens is 240 g/mol. The lowest BCUT2D eigenvalue weighted by Crippen LogP contribution is -2.46. The van der Waals surface area contributed by atoms with Gasteiger partial charge in [-0.3, -0.25) is 4.79 Å². The van der Waals surface area contributed by atoms with Crippen molar-refractivity contribution in [2.75, 3.05) is 13.7 Å². The lowest BCUT2D eigenvalue weighted by molar-refractivity contribution is 0.0782. The van der Waals surface area contributed by atoms with E-state index in [1.165, 1.54) is 0 Å². The van der Waals surface area contributed by atoms with Gasteiger partial charge in [0.2, 0.25) is 0 Å². The van der Waals surface area contributed by atoms with E-state index >= 15 is 0 Å². The van der Waals surface area contributed by atoms with Gasteiger partial charge >= 0.3 is 0 Å². The molecular formula is C15H18N2O2. The number of aromatic amines is 1. The molecule has 19 heavy (non-hydrogen) atoms. The maximum atomic E-state index is 12.2. The highest BCUT2D eigenvalue weighted by Crippen LogP contribution is 2.21. The Bertz CT molecular complexity index is 522. The second kappa shape index (κ2) is 5.71. The molecule has 4 nitrogen and oxygen atoms in total. The molecule has 0 saturated heterocycles. The summed E-state index contributed by atoms with van der Waals surface area (Å²) in [5, 5.41) is 3.02. The third kappa shape index (κ3) is 3.03. The zero-order valence-electron chi connectivity index (χ0n) is 11.1. The minimum atomic E-state index is -0.557. The first-order valence-corrected chi connectivity index (χ1v) is 6.16. The average Bonchev–Trinajstić information content (AvgIpc) is 2.94. The van der Waals surface area contributed by atoms with Crippen LogP contribution < -0.4 is 5.32 Å². The van der Waals surface area contributed by atoms with Crippen LogP contribution in [0.3, 0.4) is 0 Å². The van der Waals surface area contributed by atoms with Crippen LogP contribution in [0.15, 0.2) is 48.7 Å². The highest BCUT2D eigenvalue weighted by Gasteiger charge is 2.29. The summed E-state index contributed by atoms with van der Waals surface area (Å²) in [7, 11) is 1.63. The van der Waals surface area contributed by atoms with Gasteiger partial charge in [0, 0.05) is 13.3 Å². The van der Waals surface area contributed by atoms with E-state index in [2.05, 4.69) is 10.3 Å². The van der Waals surface area contributed by atoms with Gasteiger partial charge in [0.25, 0.3) is 5.91 Å². The lowest BCUT2D eigenvalue weighted by Gasteiger charge is -2.30. The van der Waals surface area contributed by atoms with E-state index in [4.69, 9.17) is 4.74 Å². The van der Waals surface area contributed by atoms with E-state index in [0.29, 0.717) is 12.3 Å². The molecule has 2 aromatic rings. The lowest BCUT2D eigenvalue weighted by atomic mass is 9.92. The zero-order chi connectivity index (χ0) is 13.7. The van der Waals surface area contributed by atoms with Gasteiger partial charge < -0.3 is 15.0 Å². The van der Waals surface area contributed by atoms with Crippen LogP contribution in [-0.2, 0) is 10.3 Å². The topological polar surface area (TPSA) is 54.1 Å². The van der Waals surface area contributed by atoms with Gasteiger partial charge in [-0.15, -0.1) is 0 Å². The normalized spacial score (nSPS) is 13.8. The van der Waals surface area contributed by atoms with Gasteiger partial charge in [0.1, 0.15) is 5.69 Å². The number of carbonyl (C=O) groups excluding carboxylic acids is 1. The van der Waals surface area contributed by atoms with Crippen LogP contribution in [0.4, 0.5) is 0 Å². The number of hydrogen-bond acceptors (Lipinski definition) is 2. The molecule has 0 unspecified atom stereocenters. The maximum absolute atomic E-state index is 12.2. The van der Waals surface area contributed by atoms with Crippen LogP contribution in [0.2, 0.25) is 0 Å². The van der Waals surface area contributed by atoms with Crippen molar-refractivity contribution in [3.63, 3.8) is 0 Å². The molecule has 0 fully saturated rings. The fraction of sp³-hybridized carbons (Fsp3) is 0.267. The summed E-state index contributed by atoms with van der Waals surface area (Å²) in [4.78, 5) is 15.1. The van der Waals surface area contributed by atoms with E-state index in [0.717, 1.165) is 5.56 Å². The number of ether oxygens (including phenoxy) is 1. The smallest absolute Gasteiger partial charge is 0.268 e. The minimum Gasteiger partial charge on any atom is -0.382 e. The molecule has 2 N–H and O–H groups in total. The van der Waals surface area contributed by atoms with Crippen molar-refractivity contribution in [3.05, 3.63) is 59.9 Å². The van der Waals surface area contributed by atoms with Crippen LogP contribution in [0.5, 0.6) is 0 Å². The Morgan fingerprint density at radius 3 is 2.58 bits per heavy atom. The standard InChI is InChI=1S/C15H18N2O2/c1-15(11-19-2,12-7-4-3-5-8-12)17-14(18)13-9-6-10-16-13/h3-10,16H,11H2,1-2H3,(H,17,18)/t15-/m0/s1. The Labute approximate surface area is 112 Å². The third-order valence-electron chi connectivity index (χ3n) is 3.08. The van der Waals surface area contributed by atoms with E-state index in [-0.39, 0.29) is 5.91 Å². The van der Waals surface area contributed by atoms with E-state index in [1.54, 1.807) is 25.4 Å². The molecule has 1 aromatic heterocycles. The molecule has 1 aromatic carbocycles. The molecule has 0 bridgehead atoms. The van der Waals surface area contributed by atoms with Crippen LogP contribution in [0.1, 0.15) is 23.0 Å². The first-order valence-electron chi connectivity index (χ1n) is 6.16. The number of methoxy groups -OCH3 is 1. The van der Waals surface area contributed by atoms with Gasteiger partial charge in [0.05, 0.1) is 12.1 Å². The zero-order valence-corrected chi connectivity index (χ0v) is 11.1. The molecule has 1 amide bonds. The molecule has 2 rings (SSSR count). The Morgan fingerprint density at radius 2 is 2.00 bits per heavy atom. The Balaban J connectivity index is 2.23. The molecule has 0 spiro atoms. The molecule has 0 radical (unpaired) electrons. The van der Waals surface area contributed by atoms with Crippen molar-refractivity contribution in [3.8, 4) is 0 Å². The fourth-order valence-corrected chi connectivity index (χ4v) is 2.08. The van der Waals surface area contributed by atoms with Crippen molar-refractivity contribution < 1.29 is 9.53 Å². The Hall–Kier alpha value is -2.07. The van der Waals surface area contributed by atoms with Crippen molar-refractivity contribution in [2.24, 2.45) is 0 Å². The molecule has 1 heterocycles. The van der Waals surface area contributed by atoms with E-state index in [1.807, 2.05) is 37.3 Å². The van der Waals surface area contributed by atoms with Crippen LogP contribution in [0, 0.1) is 0 Å². The molecule has 0 saturated carbocycles. The minimum absolute atomic E-state index is 0.145. The summed E-state index contributed by atoms with van der Waals surface area (Å²) in [6, 6.07) is 13.3. The Morgan fingerprint density at radius 1 is 1.26 bits per heavy atom. The molecule has 0 aliphatic heterocycles. The maximum Gasteiger partial charge on any atom is 0.268 e. The van der Waals surface area contributed by atoms with Gasteiger partial charge in [0.15, 0.2) is 0 Å². The number of carbonyl (C=O) groups is 1. The second-order valence-corrected chi connectivity index (χ2v) is 4.67. The Kier molecular flexibility index (Phi) is 4.02. The van der Waals surface area contributed by atoms with Gasteiger partial charge in [-0.05, 0) is 24.6 Å². The molecule has 4 heteroatoms. The third-order valence-corrected chi connectivity index (χ3v) is 3.08. The van der Waals surface area contributed by atoms with Crippen LogP contribution in [-0.4, -0.2) is 24.6 Å². The number of aromatic nitrogens is 1. The predicted molar refractivity (Wildman–Crippen MR) is 73.9 cm³/mol. The number of H-pyrrole nitrogens is 1. The summed E-state index contributed by atoms with van der Waals surface area (Å²) >= 11 is 0. The number of nitrogens with one attached hydrogen (secondary N) is 2. The molecule has 1 atom stereocenters. The first kappa shape index (κ1) is 13.4. The number of benzene rings is 1. The van der Waals surface area contributed by atoms with Crippen molar-refractivity contribution in [1.82, 2.24) is 10.3 Å². The second-order valence-electron chi connectivity index (χ2n) is 4.67. The molecule has 100 valence electrons. The van der Waals surface area contributed by atoms with Crippen molar-refractivity contribution in [1.29, 1.82) is 0 Å². The summed E-state index contributed by atoms with van der Waals surface area (Å²) in [6.45, 7) is 2.36. The monoisotopic (exact) mass is 258 g/mol. The number of amides is 1. The van der Waals surface area contributed by atoms with Crippen molar-refractivity contribution >= 4 is 5.91 Å². The largest absolute Gasteiger partial charge is 0.382 e. The molecule has 0 aliphatic carbocycles. The quantitative estimate of drug-likeness (QED) is 0.864. The predicted octanol–water partition coefficient (Wildman–Crippen LogP) is 2.31. The van der Waals surface area contributed by atoms with Gasteiger partial charge in [-0.25, -0.2) is 0 Å². The van der Waals surface area contributed by atoms with Crippen LogP contribution in [0.25, 0.3) is 0 Å². The van der Waals surface area contributed by atoms with E-state index in [9.17, 15) is 4.79 Å². The summed E-state index contributed by atoms with van der Waals surface area (Å²) < 4.78 is 5.25. The van der Waals surface area contributed by atoms with Gasteiger partial charge in [-0.1, -0.05) is 30.3 Å². The van der Waals surface area contributed by atoms with Crippen molar-refractivity contribution in [2.45, 2.75) is 12.5 Å². The number of rotatable bonds is 5. The van der Waals surface area contributed by atoms with Crippen LogP contribution >= 0.6 is 0 Å². The summed E-state index contributed by atoms with van der Waals surface area (Å²) in [6.07, 6.45) is 1.73. The molecule has 0 aliphatic rings. The average molecular weight is 258 g/mol. The SMILES string of the molecule is COC[C@](C)(NC(=O)c1ccc[nH]1)c1ccccc1. The fourth-order valence-electron chi connectivity index (χ4n) is 2.08.